The first-order valence-corrected chi connectivity index (χ1v) is 7.78. The van der Waals surface area contributed by atoms with E-state index in [2.05, 4.69) is 10.2 Å². The Morgan fingerprint density at radius 2 is 1.91 bits per heavy atom. The van der Waals surface area contributed by atoms with Crippen LogP contribution in [0, 0.1) is 11.0 Å². The Balaban J connectivity index is 1.93. The third-order valence-corrected chi connectivity index (χ3v) is 5.07. The molecule has 5 nitrogen and oxygen atoms in total. The molecule has 2 unspecified atom stereocenters. The predicted octanol–water partition coefficient (Wildman–Crippen LogP) is 2.82. The molecular formula is C17H18FN3O2. The number of aromatic nitrogens is 3. The third-order valence-electron chi connectivity index (χ3n) is 5.07. The highest BCUT2D eigenvalue weighted by Crippen LogP contribution is 2.54. The number of hydrogen-bond donors (Lipinski definition) is 0. The average Bonchev–Trinajstić information content (AvgIpc) is 2.48. The minimum atomic E-state index is -0.575. The van der Waals surface area contributed by atoms with Crippen LogP contribution in [0.3, 0.4) is 0 Å². The molecule has 0 N–H and O–H groups in total. The van der Waals surface area contributed by atoms with Gasteiger partial charge >= 0.3 is 5.82 Å². The van der Waals surface area contributed by atoms with Gasteiger partial charge in [0.25, 0.3) is 0 Å². The van der Waals surface area contributed by atoms with Gasteiger partial charge in [0.05, 0.1) is 22.2 Å². The van der Waals surface area contributed by atoms with E-state index in [0.29, 0.717) is 17.0 Å². The molecule has 1 aliphatic carbocycles. The maximum Gasteiger partial charge on any atom is 0.361 e. The van der Waals surface area contributed by atoms with Crippen molar-refractivity contribution in [2.24, 2.45) is 0 Å². The van der Waals surface area contributed by atoms with Crippen molar-refractivity contribution in [1.82, 2.24) is 10.2 Å². The van der Waals surface area contributed by atoms with Crippen molar-refractivity contribution < 1.29 is 13.9 Å². The lowest BCUT2D eigenvalue weighted by molar-refractivity contribution is -0.613. The predicted molar refractivity (Wildman–Crippen MR) is 80.9 cm³/mol. The van der Waals surface area contributed by atoms with Gasteiger partial charge in [-0.1, -0.05) is 0 Å². The first-order chi connectivity index (χ1) is 10.8. The van der Waals surface area contributed by atoms with Crippen molar-refractivity contribution in [3.63, 3.8) is 0 Å². The Bertz CT molecular complexity index is 791. The van der Waals surface area contributed by atoms with Crippen molar-refractivity contribution >= 4 is 0 Å². The summed E-state index contributed by atoms with van der Waals surface area (Å²) in [6, 6.07) is 5.73. The highest BCUT2D eigenvalue weighted by Gasteiger charge is 2.56. The fraction of sp³-hybridized carbons (Fsp3) is 0.471. The van der Waals surface area contributed by atoms with Gasteiger partial charge in [0.2, 0.25) is 0 Å². The molecule has 0 radical (unpaired) electrons. The average molecular weight is 315 g/mol. The van der Waals surface area contributed by atoms with Crippen LogP contribution >= 0.6 is 0 Å². The molecule has 1 aromatic heterocycles. The van der Waals surface area contributed by atoms with Crippen LogP contribution in [-0.2, 0) is 10.3 Å². The molecule has 0 saturated carbocycles. The summed E-state index contributed by atoms with van der Waals surface area (Å²) in [7, 11) is 0. The lowest BCUT2D eigenvalue weighted by Gasteiger charge is -2.52. The van der Waals surface area contributed by atoms with Crippen molar-refractivity contribution in [1.29, 1.82) is 0 Å². The van der Waals surface area contributed by atoms with Crippen LogP contribution in [0.15, 0.2) is 24.3 Å². The molecule has 0 spiro atoms. The Morgan fingerprint density at radius 3 is 2.57 bits per heavy atom. The van der Waals surface area contributed by atoms with E-state index in [0.717, 1.165) is 17.6 Å². The number of hydrogen-bond acceptors (Lipinski definition) is 4. The largest absolute Gasteiger partial charge is 0.710 e. The maximum atomic E-state index is 13.1. The van der Waals surface area contributed by atoms with Crippen molar-refractivity contribution in [3.8, 4) is 11.4 Å². The van der Waals surface area contributed by atoms with E-state index in [-0.39, 0.29) is 17.6 Å². The molecular weight excluding hydrogens is 297 g/mol. The molecule has 23 heavy (non-hydrogen) atoms. The molecule has 2 bridgehead atoms. The van der Waals surface area contributed by atoms with Gasteiger partial charge in [-0.2, -0.15) is 0 Å². The summed E-state index contributed by atoms with van der Waals surface area (Å²) < 4.78 is 20.2. The van der Waals surface area contributed by atoms with Crippen LogP contribution in [0.4, 0.5) is 4.39 Å². The number of halogens is 1. The van der Waals surface area contributed by atoms with Crippen LogP contribution < -0.4 is 4.73 Å². The molecule has 120 valence electrons. The van der Waals surface area contributed by atoms with Crippen molar-refractivity contribution in [3.05, 3.63) is 46.7 Å². The van der Waals surface area contributed by atoms with E-state index in [4.69, 9.17) is 4.74 Å². The number of nitrogens with zero attached hydrogens (tertiary/aromatic N) is 3. The summed E-state index contributed by atoms with van der Waals surface area (Å²) in [5.41, 5.74) is 0.837. The molecule has 5 rings (SSSR count). The van der Waals surface area contributed by atoms with Crippen LogP contribution in [-0.4, -0.2) is 15.8 Å². The number of fused-ring (bicyclic) bond motifs is 2. The standard InChI is InChI=1S/C17H18FN3O2/c1-16(2)12-8-9-17(3,23-16)14-13(12)21(22)15(20-19-14)10-4-6-11(18)7-5-10/h4-7,12H,8-9H2,1-3H3. The smallest absolute Gasteiger partial charge is 0.361 e. The SMILES string of the molecule is CC12CCC(c3c1nnc(-c1ccc(F)cc1)[n+]3[O-])C(C)(C)O2. The maximum absolute atomic E-state index is 13.1. The van der Waals surface area contributed by atoms with E-state index in [1.807, 2.05) is 20.8 Å². The third kappa shape index (κ3) is 1.97. The lowest BCUT2D eigenvalue weighted by Crippen LogP contribution is -2.58. The van der Waals surface area contributed by atoms with E-state index >= 15 is 0 Å². The second kappa shape index (κ2) is 4.47. The van der Waals surface area contributed by atoms with E-state index in [9.17, 15) is 9.60 Å². The minimum absolute atomic E-state index is 0.0217. The fourth-order valence-corrected chi connectivity index (χ4v) is 3.96. The van der Waals surface area contributed by atoms with Crippen molar-refractivity contribution in [2.75, 3.05) is 0 Å². The van der Waals surface area contributed by atoms with Gasteiger partial charge in [-0.05, 0) is 63.0 Å². The highest BCUT2D eigenvalue weighted by molar-refractivity contribution is 5.51. The summed E-state index contributed by atoms with van der Waals surface area (Å²) in [5, 5.41) is 21.4. The Hall–Kier alpha value is -2.08. The molecule has 2 atom stereocenters. The molecule has 1 aromatic carbocycles. The Kier molecular flexibility index (Phi) is 2.82. The molecule has 0 amide bonds. The van der Waals surface area contributed by atoms with E-state index in [1.165, 1.54) is 12.1 Å². The first-order valence-electron chi connectivity index (χ1n) is 7.78. The summed E-state index contributed by atoms with van der Waals surface area (Å²) in [4.78, 5) is 0. The zero-order valence-electron chi connectivity index (χ0n) is 13.3. The quantitative estimate of drug-likeness (QED) is 0.600. The van der Waals surface area contributed by atoms with Crippen LogP contribution in [0.5, 0.6) is 0 Å². The van der Waals surface area contributed by atoms with Crippen LogP contribution in [0.1, 0.15) is 50.9 Å². The summed E-state index contributed by atoms with van der Waals surface area (Å²) in [6.45, 7) is 5.99. The molecule has 1 saturated heterocycles. The lowest BCUT2D eigenvalue weighted by atomic mass is 9.69. The van der Waals surface area contributed by atoms with Crippen molar-refractivity contribution in [2.45, 2.75) is 50.7 Å². The molecule has 2 aromatic rings. The molecule has 3 heterocycles. The van der Waals surface area contributed by atoms with Crippen LogP contribution in [0.2, 0.25) is 0 Å². The van der Waals surface area contributed by atoms with Gasteiger partial charge < -0.3 is 9.94 Å². The fourth-order valence-electron chi connectivity index (χ4n) is 3.96. The normalized spacial score (nSPS) is 27.7. The van der Waals surface area contributed by atoms with Crippen LogP contribution in [0.25, 0.3) is 11.4 Å². The second-order valence-electron chi connectivity index (χ2n) is 7.09. The van der Waals surface area contributed by atoms with E-state index < -0.39 is 11.2 Å². The summed E-state index contributed by atoms with van der Waals surface area (Å²) >= 11 is 0. The van der Waals surface area contributed by atoms with Gasteiger partial charge in [0.1, 0.15) is 17.1 Å². The minimum Gasteiger partial charge on any atom is -0.710 e. The van der Waals surface area contributed by atoms with Gasteiger partial charge in [0.15, 0.2) is 5.69 Å². The topological polar surface area (TPSA) is 62.0 Å². The molecule has 6 heteroatoms. The zero-order chi connectivity index (χ0) is 16.4. The first kappa shape index (κ1) is 14.5. The Morgan fingerprint density at radius 1 is 1.22 bits per heavy atom. The number of ether oxygens (including phenoxy) is 1. The Labute approximate surface area is 133 Å². The summed E-state index contributed by atoms with van der Waals surface area (Å²) in [5.74, 6) is -0.166. The highest BCUT2D eigenvalue weighted by atomic mass is 19.1. The second-order valence-corrected chi connectivity index (χ2v) is 7.09. The monoisotopic (exact) mass is 315 g/mol. The molecule has 1 fully saturated rings. The van der Waals surface area contributed by atoms with Gasteiger partial charge in [-0.25, -0.2) is 9.12 Å². The summed E-state index contributed by atoms with van der Waals surface area (Å²) in [6.07, 6.45) is 1.71. The van der Waals surface area contributed by atoms with Gasteiger partial charge in [0, 0.05) is 0 Å². The van der Waals surface area contributed by atoms with Gasteiger partial charge in [-0.15, -0.1) is 0 Å². The zero-order valence-corrected chi connectivity index (χ0v) is 13.3. The number of benzene rings is 1. The van der Waals surface area contributed by atoms with E-state index in [1.54, 1.807) is 12.1 Å². The number of rotatable bonds is 1. The molecule has 2 aliphatic heterocycles. The molecule has 3 aliphatic rings. The van der Waals surface area contributed by atoms with Gasteiger partial charge in [-0.3, -0.25) is 0 Å².